The first-order valence-corrected chi connectivity index (χ1v) is 6.01. The Labute approximate surface area is 115 Å². The number of hydrogen-bond acceptors (Lipinski definition) is 2. The molecule has 6 heteroatoms. The van der Waals surface area contributed by atoms with Crippen LogP contribution in [-0.4, -0.2) is 5.11 Å². The molecule has 0 aliphatic rings. The Morgan fingerprint density at radius 2 is 1.79 bits per heavy atom. The van der Waals surface area contributed by atoms with Crippen LogP contribution < -0.4 is 4.74 Å². The van der Waals surface area contributed by atoms with E-state index >= 15 is 0 Å². The molecule has 0 saturated carbocycles. The summed E-state index contributed by atoms with van der Waals surface area (Å²) in [5.41, 5.74) is 0.269. The summed E-state index contributed by atoms with van der Waals surface area (Å²) in [6, 6.07) is 5.64. The molecule has 0 saturated heterocycles. The number of benzene rings is 2. The lowest BCUT2D eigenvalue weighted by atomic mass is 10.2. The number of rotatable bonds is 3. The maximum Gasteiger partial charge on any atom is 0.201 e. The second kappa shape index (κ2) is 5.63. The van der Waals surface area contributed by atoms with Gasteiger partial charge < -0.3 is 9.84 Å². The van der Waals surface area contributed by atoms with Gasteiger partial charge in [0.05, 0.1) is 6.61 Å². The number of aliphatic hydroxyl groups is 1. The third-order valence-corrected chi connectivity index (χ3v) is 2.76. The van der Waals surface area contributed by atoms with Gasteiger partial charge in [-0.25, -0.2) is 8.78 Å². The molecule has 19 heavy (non-hydrogen) atoms. The lowest BCUT2D eigenvalue weighted by Crippen LogP contribution is -1.94. The molecule has 0 heterocycles. The average molecular weight is 333 g/mol. The molecular formula is C13H8BrF3O2. The topological polar surface area (TPSA) is 29.5 Å². The smallest absolute Gasteiger partial charge is 0.201 e. The van der Waals surface area contributed by atoms with Crippen molar-refractivity contribution in [3.63, 3.8) is 0 Å². The monoisotopic (exact) mass is 332 g/mol. The normalized spacial score (nSPS) is 10.6. The molecule has 0 aromatic heterocycles. The summed E-state index contributed by atoms with van der Waals surface area (Å²) in [7, 11) is 0. The van der Waals surface area contributed by atoms with Gasteiger partial charge in [0.25, 0.3) is 0 Å². The minimum Gasteiger partial charge on any atom is -0.454 e. The van der Waals surface area contributed by atoms with Crippen molar-refractivity contribution in [2.24, 2.45) is 0 Å². The number of hydrogen-bond donors (Lipinski definition) is 1. The highest BCUT2D eigenvalue weighted by Gasteiger charge is 2.13. The van der Waals surface area contributed by atoms with E-state index in [2.05, 4.69) is 15.9 Å². The van der Waals surface area contributed by atoms with Gasteiger partial charge in [-0.15, -0.1) is 0 Å². The van der Waals surface area contributed by atoms with Crippen molar-refractivity contribution >= 4 is 15.9 Å². The molecule has 2 aromatic carbocycles. The van der Waals surface area contributed by atoms with Crippen LogP contribution in [0, 0.1) is 17.5 Å². The quantitative estimate of drug-likeness (QED) is 0.855. The van der Waals surface area contributed by atoms with E-state index in [1.54, 1.807) is 0 Å². The van der Waals surface area contributed by atoms with Crippen LogP contribution in [0.5, 0.6) is 11.5 Å². The van der Waals surface area contributed by atoms with Crippen LogP contribution in [0.25, 0.3) is 0 Å². The molecule has 0 atom stereocenters. The summed E-state index contributed by atoms with van der Waals surface area (Å²) in [4.78, 5) is 0. The standard InChI is InChI=1S/C13H8BrF3O2/c14-8-3-11(16)13(17)12(4-8)19-10-2-7(6-18)1-9(15)5-10/h1-5,18H,6H2. The van der Waals surface area contributed by atoms with Crippen LogP contribution >= 0.6 is 15.9 Å². The molecule has 0 unspecified atom stereocenters. The van der Waals surface area contributed by atoms with Crippen LogP contribution in [0.1, 0.15) is 5.56 Å². The molecular weight excluding hydrogens is 325 g/mol. The van der Waals surface area contributed by atoms with Gasteiger partial charge in [-0.05, 0) is 29.8 Å². The minimum absolute atomic E-state index is 0.0274. The van der Waals surface area contributed by atoms with Gasteiger partial charge in [-0.1, -0.05) is 15.9 Å². The maximum atomic E-state index is 13.5. The van der Waals surface area contributed by atoms with Crippen LogP contribution in [0.2, 0.25) is 0 Å². The first-order valence-electron chi connectivity index (χ1n) is 5.22. The second-order valence-corrected chi connectivity index (χ2v) is 4.67. The summed E-state index contributed by atoms with van der Waals surface area (Å²) in [6.07, 6.45) is 0. The zero-order valence-electron chi connectivity index (χ0n) is 9.46. The molecule has 0 amide bonds. The van der Waals surface area contributed by atoms with E-state index in [0.717, 1.165) is 18.2 Å². The highest BCUT2D eigenvalue weighted by molar-refractivity contribution is 9.10. The van der Waals surface area contributed by atoms with Crippen molar-refractivity contribution in [2.75, 3.05) is 0 Å². The Morgan fingerprint density at radius 1 is 1.05 bits per heavy atom. The maximum absolute atomic E-state index is 13.5. The van der Waals surface area contributed by atoms with E-state index in [1.807, 2.05) is 0 Å². The van der Waals surface area contributed by atoms with Gasteiger partial charge in [0.15, 0.2) is 11.6 Å². The molecule has 2 rings (SSSR count). The number of aliphatic hydroxyl groups excluding tert-OH is 1. The first-order chi connectivity index (χ1) is 8.99. The van der Waals surface area contributed by atoms with Crippen LogP contribution in [0.3, 0.4) is 0 Å². The predicted molar refractivity (Wildman–Crippen MR) is 66.5 cm³/mol. The SMILES string of the molecule is OCc1cc(F)cc(Oc2cc(Br)cc(F)c2F)c1. The van der Waals surface area contributed by atoms with Crippen molar-refractivity contribution in [1.82, 2.24) is 0 Å². The van der Waals surface area contributed by atoms with Crippen LogP contribution in [0.4, 0.5) is 13.2 Å². The van der Waals surface area contributed by atoms with Gasteiger partial charge >= 0.3 is 0 Å². The van der Waals surface area contributed by atoms with Gasteiger partial charge in [0.2, 0.25) is 5.82 Å². The lowest BCUT2D eigenvalue weighted by molar-refractivity contribution is 0.280. The third-order valence-electron chi connectivity index (χ3n) is 2.30. The molecule has 2 aromatic rings. The van der Waals surface area contributed by atoms with Crippen LogP contribution in [-0.2, 0) is 6.61 Å². The zero-order chi connectivity index (χ0) is 14.0. The molecule has 0 radical (unpaired) electrons. The fourth-order valence-corrected chi connectivity index (χ4v) is 1.91. The molecule has 0 bridgehead atoms. The number of halogens is 4. The van der Waals surface area contributed by atoms with E-state index < -0.39 is 17.5 Å². The van der Waals surface area contributed by atoms with E-state index in [4.69, 9.17) is 9.84 Å². The molecule has 0 aliphatic carbocycles. The van der Waals surface area contributed by atoms with Crippen molar-refractivity contribution in [3.05, 3.63) is 57.8 Å². The molecule has 0 aliphatic heterocycles. The van der Waals surface area contributed by atoms with E-state index in [9.17, 15) is 13.2 Å². The lowest BCUT2D eigenvalue weighted by Gasteiger charge is -2.09. The summed E-state index contributed by atoms with van der Waals surface area (Å²) >= 11 is 3.00. The van der Waals surface area contributed by atoms with E-state index in [-0.39, 0.29) is 23.7 Å². The first kappa shape index (κ1) is 13.9. The summed E-state index contributed by atoms with van der Waals surface area (Å²) < 4.78 is 45.3. The Bertz CT molecular complexity index is 617. The summed E-state index contributed by atoms with van der Waals surface area (Å²) in [5.74, 6) is -3.29. The van der Waals surface area contributed by atoms with E-state index in [0.29, 0.717) is 4.47 Å². The summed E-state index contributed by atoms with van der Waals surface area (Å²) in [6.45, 7) is -0.385. The van der Waals surface area contributed by atoms with Gasteiger partial charge in [0.1, 0.15) is 11.6 Å². The highest BCUT2D eigenvalue weighted by Crippen LogP contribution is 2.30. The Hall–Kier alpha value is -1.53. The molecule has 1 N–H and O–H groups in total. The van der Waals surface area contributed by atoms with E-state index in [1.165, 1.54) is 12.1 Å². The third kappa shape index (κ3) is 3.27. The number of ether oxygens (including phenoxy) is 1. The largest absolute Gasteiger partial charge is 0.454 e. The van der Waals surface area contributed by atoms with Crippen LogP contribution in [0.15, 0.2) is 34.8 Å². The van der Waals surface area contributed by atoms with Crippen molar-refractivity contribution in [1.29, 1.82) is 0 Å². The fourth-order valence-electron chi connectivity index (χ4n) is 1.50. The molecule has 0 spiro atoms. The van der Waals surface area contributed by atoms with Crippen molar-refractivity contribution in [2.45, 2.75) is 6.61 Å². The second-order valence-electron chi connectivity index (χ2n) is 3.76. The Morgan fingerprint density at radius 3 is 2.47 bits per heavy atom. The summed E-state index contributed by atoms with van der Waals surface area (Å²) in [5, 5.41) is 8.93. The van der Waals surface area contributed by atoms with Gasteiger partial charge in [-0.3, -0.25) is 0 Å². The molecule has 2 nitrogen and oxygen atoms in total. The Balaban J connectivity index is 2.38. The van der Waals surface area contributed by atoms with Gasteiger partial charge in [-0.2, -0.15) is 4.39 Å². The van der Waals surface area contributed by atoms with Crippen molar-refractivity contribution < 1.29 is 23.0 Å². The molecule has 100 valence electrons. The van der Waals surface area contributed by atoms with Gasteiger partial charge in [0, 0.05) is 10.5 Å². The van der Waals surface area contributed by atoms with Crippen molar-refractivity contribution in [3.8, 4) is 11.5 Å². The average Bonchev–Trinajstić information content (AvgIpc) is 2.34. The minimum atomic E-state index is -1.17. The fraction of sp³-hybridized carbons (Fsp3) is 0.0769. The Kier molecular flexibility index (Phi) is 4.11. The molecule has 0 fully saturated rings. The predicted octanol–water partition coefficient (Wildman–Crippen LogP) is 4.15. The highest BCUT2D eigenvalue weighted by atomic mass is 79.9. The zero-order valence-corrected chi connectivity index (χ0v) is 11.0.